The van der Waals surface area contributed by atoms with Gasteiger partial charge in [-0.25, -0.2) is 4.98 Å². The van der Waals surface area contributed by atoms with Crippen molar-refractivity contribution in [3.63, 3.8) is 0 Å². The summed E-state index contributed by atoms with van der Waals surface area (Å²) in [5.74, 6) is 1.07. The summed E-state index contributed by atoms with van der Waals surface area (Å²) in [6, 6.07) is 6.13. The summed E-state index contributed by atoms with van der Waals surface area (Å²) in [5, 5.41) is 0. The summed E-state index contributed by atoms with van der Waals surface area (Å²) in [5.41, 5.74) is 1.28. The van der Waals surface area contributed by atoms with Gasteiger partial charge in [0.25, 0.3) is 0 Å². The van der Waals surface area contributed by atoms with E-state index >= 15 is 0 Å². The molecule has 0 saturated heterocycles. The van der Waals surface area contributed by atoms with Crippen molar-refractivity contribution in [2.75, 3.05) is 6.26 Å². The van der Waals surface area contributed by atoms with E-state index in [9.17, 15) is 0 Å². The van der Waals surface area contributed by atoms with Crippen molar-refractivity contribution in [2.45, 2.75) is 5.75 Å². The fourth-order valence-corrected chi connectivity index (χ4v) is 1.17. The Morgan fingerprint density at radius 1 is 1.50 bits per heavy atom. The molecule has 0 spiro atoms. The van der Waals surface area contributed by atoms with Gasteiger partial charge in [0.1, 0.15) is 0 Å². The third-order valence-electron chi connectivity index (χ3n) is 1.07. The Balaban J connectivity index is 0.000000810. The largest absolute Gasteiger partial charge is 1.00 e. The van der Waals surface area contributed by atoms with Crippen LogP contribution in [-0.4, -0.2) is 6.26 Å². The Hall–Kier alpha value is -0.0200. The van der Waals surface area contributed by atoms with Crippen molar-refractivity contribution in [1.82, 2.24) is 0 Å². The van der Waals surface area contributed by atoms with Gasteiger partial charge in [-0.1, -0.05) is 6.07 Å². The Morgan fingerprint density at radius 3 is 2.80 bits per heavy atom. The molecule has 1 heterocycles. The Labute approximate surface area is 76.0 Å². The van der Waals surface area contributed by atoms with Gasteiger partial charge in [-0.2, -0.15) is 11.8 Å². The fourth-order valence-electron chi connectivity index (χ4n) is 0.676. The first-order chi connectivity index (χ1) is 4.43. The van der Waals surface area contributed by atoms with E-state index < -0.39 is 0 Å². The predicted molar refractivity (Wildman–Crippen MR) is 40.2 cm³/mol. The van der Waals surface area contributed by atoms with E-state index in [1.165, 1.54) is 5.69 Å². The first-order valence-corrected chi connectivity index (χ1v) is 4.27. The molecule has 0 bridgehead atoms. The van der Waals surface area contributed by atoms with Crippen LogP contribution >= 0.6 is 11.8 Å². The van der Waals surface area contributed by atoms with Gasteiger partial charge in [0.15, 0.2) is 11.9 Å². The number of halogens is 1. The summed E-state index contributed by atoms with van der Waals surface area (Å²) in [4.78, 5) is 3.15. The van der Waals surface area contributed by atoms with Crippen LogP contribution in [0.25, 0.3) is 0 Å². The molecule has 0 aromatic carbocycles. The molecule has 56 valence electrons. The molecule has 0 unspecified atom stereocenters. The first kappa shape index (κ1) is 9.98. The average Bonchev–Trinajstić information content (AvgIpc) is 1.91. The third-order valence-corrected chi connectivity index (χ3v) is 1.67. The highest BCUT2D eigenvalue weighted by molar-refractivity contribution is 7.97. The number of hydrogen-bond acceptors (Lipinski definition) is 1. The van der Waals surface area contributed by atoms with Crippen molar-refractivity contribution >= 4 is 11.8 Å². The molecule has 0 aliphatic heterocycles. The van der Waals surface area contributed by atoms with Gasteiger partial charge in [-0.3, -0.25) is 0 Å². The molecule has 1 rings (SSSR count). The van der Waals surface area contributed by atoms with Crippen LogP contribution in [0, 0.1) is 0 Å². The number of rotatable bonds is 2. The maximum absolute atomic E-state index is 3.15. The minimum Gasteiger partial charge on any atom is -1.00 e. The number of aromatic amines is 1. The summed E-state index contributed by atoms with van der Waals surface area (Å²) in [6.45, 7) is 0. The fraction of sp³-hybridized carbons (Fsp3) is 0.286. The monoisotopic (exact) mass is 219 g/mol. The second-order valence-corrected chi connectivity index (χ2v) is 2.69. The zero-order valence-electron chi connectivity index (χ0n) is 5.80. The molecule has 1 N–H and O–H groups in total. The first-order valence-electron chi connectivity index (χ1n) is 2.88. The highest BCUT2D eigenvalue weighted by atomic mass is 79.9. The lowest BCUT2D eigenvalue weighted by molar-refractivity contribution is -0.388. The van der Waals surface area contributed by atoms with Gasteiger partial charge in [0.05, 0.1) is 5.75 Å². The molecule has 0 saturated carbocycles. The van der Waals surface area contributed by atoms with Gasteiger partial charge in [-0.15, -0.1) is 0 Å². The number of pyridine rings is 1. The Kier molecular flexibility index (Phi) is 5.73. The topological polar surface area (TPSA) is 14.1 Å². The highest BCUT2D eigenvalue weighted by Gasteiger charge is 1.93. The van der Waals surface area contributed by atoms with E-state index in [0.29, 0.717) is 0 Å². The second kappa shape index (κ2) is 5.74. The minimum absolute atomic E-state index is 0. The lowest BCUT2D eigenvalue weighted by Gasteiger charge is -1.86. The van der Waals surface area contributed by atoms with Crippen molar-refractivity contribution in [1.29, 1.82) is 0 Å². The van der Waals surface area contributed by atoms with E-state index in [1.54, 1.807) is 0 Å². The number of nitrogens with one attached hydrogen (secondary N) is 1. The van der Waals surface area contributed by atoms with Crippen molar-refractivity contribution in [3.05, 3.63) is 30.1 Å². The quantitative estimate of drug-likeness (QED) is 0.583. The van der Waals surface area contributed by atoms with E-state index in [0.717, 1.165) is 5.75 Å². The van der Waals surface area contributed by atoms with Crippen LogP contribution in [0.4, 0.5) is 0 Å². The molecule has 0 atom stereocenters. The van der Waals surface area contributed by atoms with Gasteiger partial charge in [0.2, 0.25) is 0 Å². The average molecular weight is 220 g/mol. The summed E-state index contributed by atoms with van der Waals surface area (Å²) in [7, 11) is 0. The molecule has 3 heteroatoms. The number of H-pyrrole nitrogens is 1. The smallest absolute Gasteiger partial charge is 0.189 e. The predicted octanol–water partition coefficient (Wildman–Crippen LogP) is -1.63. The van der Waals surface area contributed by atoms with Gasteiger partial charge in [0, 0.05) is 12.1 Å². The normalized spacial score (nSPS) is 8.50. The van der Waals surface area contributed by atoms with Crippen LogP contribution in [0.3, 0.4) is 0 Å². The third kappa shape index (κ3) is 3.22. The van der Waals surface area contributed by atoms with Crippen molar-refractivity contribution in [3.8, 4) is 0 Å². The molecule has 0 radical (unpaired) electrons. The number of aromatic nitrogens is 1. The summed E-state index contributed by atoms with van der Waals surface area (Å²) < 4.78 is 0. The van der Waals surface area contributed by atoms with Crippen LogP contribution in [0.15, 0.2) is 24.4 Å². The number of thioether (sulfide) groups is 1. The minimum atomic E-state index is 0. The lowest BCUT2D eigenvalue weighted by Crippen LogP contribution is -3.00. The molecular weight excluding hydrogens is 210 g/mol. The molecule has 1 aromatic heterocycles. The molecular formula is C7H10BrNS. The highest BCUT2D eigenvalue weighted by Crippen LogP contribution is 2.00. The van der Waals surface area contributed by atoms with E-state index in [2.05, 4.69) is 17.3 Å². The molecule has 1 aromatic rings. The van der Waals surface area contributed by atoms with Crippen LogP contribution < -0.4 is 22.0 Å². The van der Waals surface area contributed by atoms with Crippen LogP contribution in [0.2, 0.25) is 0 Å². The summed E-state index contributed by atoms with van der Waals surface area (Å²) >= 11 is 1.82. The van der Waals surface area contributed by atoms with Crippen molar-refractivity contribution in [2.24, 2.45) is 0 Å². The molecule has 0 aliphatic rings. The summed E-state index contributed by atoms with van der Waals surface area (Å²) in [6.07, 6.45) is 4.05. The zero-order valence-corrected chi connectivity index (χ0v) is 8.21. The van der Waals surface area contributed by atoms with E-state index in [1.807, 2.05) is 30.1 Å². The molecule has 0 amide bonds. The van der Waals surface area contributed by atoms with Gasteiger partial charge in [-0.05, 0) is 6.26 Å². The number of hydrogen-bond donors (Lipinski definition) is 0. The Morgan fingerprint density at radius 2 is 2.30 bits per heavy atom. The van der Waals surface area contributed by atoms with E-state index in [-0.39, 0.29) is 17.0 Å². The molecule has 10 heavy (non-hydrogen) atoms. The molecule has 0 aliphatic carbocycles. The van der Waals surface area contributed by atoms with Crippen LogP contribution in [0.5, 0.6) is 0 Å². The van der Waals surface area contributed by atoms with Crippen LogP contribution in [0.1, 0.15) is 5.69 Å². The maximum Gasteiger partial charge on any atom is 0.189 e. The Bertz CT molecular complexity index is 167. The molecule has 0 fully saturated rings. The second-order valence-electron chi connectivity index (χ2n) is 1.82. The van der Waals surface area contributed by atoms with Gasteiger partial charge >= 0.3 is 0 Å². The van der Waals surface area contributed by atoms with Crippen LogP contribution in [-0.2, 0) is 5.75 Å². The lowest BCUT2D eigenvalue weighted by atomic mass is 10.4. The maximum atomic E-state index is 3.15. The van der Waals surface area contributed by atoms with Gasteiger partial charge < -0.3 is 17.0 Å². The molecule has 1 nitrogen and oxygen atoms in total. The van der Waals surface area contributed by atoms with Crippen molar-refractivity contribution < 1.29 is 22.0 Å². The SMILES string of the molecule is CSCc1cccc[nH+]1.[Br-]. The zero-order chi connectivity index (χ0) is 6.53. The van der Waals surface area contributed by atoms with E-state index in [4.69, 9.17) is 0 Å². The standard InChI is InChI=1S/C7H9NS.BrH/c1-9-6-7-4-2-3-5-8-7;/h2-5H,6H2,1H3;1H.